The molecule has 1 aromatic carbocycles. The average molecular weight is 383 g/mol. The van der Waals surface area contributed by atoms with Gasteiger partial charge in [0.05, 0.1) is 11.6 Å². The van der Waals surface area contributed by atoms with Crippen molar-refractivity contribution >= 4 is 17.5 Å². The third kappa shape index (κ3) is 6.45. The Balaban J connectivity index is 1.84. The number of amides is 1. The van der Waals surface area contributed by atoms with Gasteiger partial charge in [-0.25, -0.2) is 0 Å². The molecule has 0 saturated carbocycles. The van der Waals surface area contributed by atoms with E-state index in [1.807, 2.05) is 0 Å². The number of likely N-dealkylation sites (tertiary alicyclic amines) is 1. The SMILES string of the molecule is CC[C@@H](C)CN1CCC(Oc2ccc(C(=O)NCCOC)cc2Cl)CC1. The van der Waals surface area contributed by atoms with E-state index in [2.05, 4.69) is 24.1 Å². The first-order valence-corrected chi connectivity index (χ1v) is 9.87. The maximum Gasteiger partial charge on any atom is 0.251 e. The number of nitrogens with zero attached hydrogens (tertiary/aromatic N) is 1. The summed E-state index contributed by atoms with van der Waals surface area (Å²) in [5, 5.41) is 3.26. The Morgan fingerprint density at radius 3 is 2.73 bits per heavy atom. The quantitative estimate of drug-likeness (QED) is 0.663. The zero-order chi connectivity index (χ0) is 18.9. The van der Waals surface area contributed by atoms with Crippen molar-refractivity contribution in [2.45, 2.75) is 39.2 Å². The second kappa shape index (κ2) is 10.8. The van der Waals surface area contributed by atoms with Gasteiger partial charge in [0.1, 0.15) is 11.9 Å². The van der Waals surface area contributed by atoms with Crippen molar-refractivity contribution in [3.63, 3.8) is 0 Å². The van der Waals surface area contributed by atoms with Crippen LogP contribution >= 0.6 is 11.6 Å². The van der Waals surface area contributed by atoms with E-state index in [1.165, 1.54) is 6.42 Å². The summed E-state index contributed by atoms with van der Waals surface area (Å²) in [5.74, 6) is 1.24. The molecule has 1 amide bonds. The average Bonchev–Trinajstić information content (AvgIpc) is 2.64. The van der Waals surface area contributed by atoms with Crippen molar-refractivity contribution in [3.8, 4) is 5.75 Å². The van der Waals surface area contributed by atoms with E-state index in [1.54, 1.807) is 25.3 Å². The molecule has 5 nitrogen and oxygen atoms in total. The fraction of sp³-hybridized carbons (Fsp3) is 0.650. The molecule has 2 rings (SSSR count). The molecule has 1 fully saturated rings. The van der Waals surface area contributed by atoms with E-state index in [4.69, 9.17) is 21.1 Å². The van der Waals surface area contributed by atoms with Crippen molar-refractivity contribution in [1.82, 2.24) is 10.2 Å². The predicted molar refractivity (Wildman–Crippen MR) is 105 cm³/mol. The molecule has 0 unspecified atom stereocenters. The molecule has 1 saturated heterocycles. The molecular weight excluding hydrogens is 352 g/mol. The minimum absolute atomic E-state index is 0.158. The van der Waals surface area contributed by atoms with Crippen molar-refractivity contribution in [1.29, 1.82) is 0 Å². The summed E-state index contributed by atoms with van der Waals surface area (Å²) in [4.78, 5) is 14.6. The Bertz CT molecular complexity index is 574. The van der Waals surface area contributed by atoms with E-state index < -0.39 is 0 Å². The molecule has 0 radical (unpaired) electrons. The summed E-state index contributed by atoms with van der Waals surface area (Å²) in [6.07, 6.45) is 3.41. The minimum Gasteiger partial charge on any atom is -0.489 e. The van der Waals surface area contributed by atoms with E-state index in [9.17, 15) is 4.79 Å². The topological polar surface area (TPSA) is 50.8 Å². The lowest BCUT2D eigenvalue weighted by Crippen LogP contribution is -2.40. The second-order valence-corrected chi connectivity index (χ2v) is 7.43. The summed E-state index contributed by atoms with van der Waals surface area (Å²) in [6, 6.07) is 5.21. The predicted octanol–water partition coefficient (Wildman–Crippen LogP) is 3.61. The van der Waals surface area contributed by atoms with Crippen molar-refractivity contribution in [3.05, 3.63) is 28.8 Å². The lowest BCUT2D eigenvalue weighted by atomic mass is 10.0. The smallest absolute Gasteiger partial charge is 0.251 e. The highest BCUT2D eigenvalue weighted by Crippen LogP contribution is 2.28. The van der Waals surface area contributed by atoms with Gasteiger partial charge in [0, 0.05) is 38.9 Å². The van der Waals surface area contributed by atoms with E-state index in [0.29, 0.717) is 29.5 Å². The molecule has 1 N–H and O–H groups in total. The van der Waals surface area contributed by atoms with Crippen LogP contribution in [0.5, 0.6) is 5.75 Å². The fourth-order valence-corrected chi connectivity index (χ4v) is 3.29. The summed E-state index contributed by atoms with van der Waals surface area (Å²) >= 11 is 6.33. The van der Waals surface area contributed by atoms with Gasteiger partial charge in [-0.05, 0) is 37.0 Å². The van der Waals surface area contributed by atoms with Gasteiger partial charge in [-0.15, -0.1) is 0 Å². The van der Waals surface area contributed by atoms with Crippen LogP contribution in [0.1, 0.15) is 43.5 Å². The van der Waals surface area contributed by atoms with Crippen LogP contribution in [0.3, 0.4) is 0 Å². The van der Waals surface area contributed by atoms with Crippen LogP contribution in [0.15, 0.2) is 18.2 Å². The summed E-state index contributed by atoms with van der Waals surface area (Å²) in [6.45, 7) is 8.78. The van der Waals surface area contributed by atoms with Gasteiger partial charge >= 0.3 is 0 Å². The monoisotopic (exact) mass is 382 g/mol. The number of nitrogens with one attached hydrogen (secondary N) is 1. The molecule has 1 heterocycles. The number of piperidine rings is 1. The Kier molecular flexibility index (Phi) is 8.69. The number of ether oxygens (including phenoxy) is 2. The zero-order valence-corrected chi connectivity index (χ0v) is 16.8. The molecular formula is C20H31ClN2O3. The highest BCUT2D eigenvalue weighted by Gasteiger charge is 2.22. The minimum atomic E-state index is -0.158. The molecule has 0 aliphatic carbocycles. The van der Waals surface area contributed by atoms with Crippen LogP contribution < -0.4 is 10.1 Å². The van der Waals surface area contributed by atoms with Gasteiger partial charge in [-0.2, -0.15) is 0 Å². The van der Waals surface area contributed by atoms with Gasteiger partial charge in [-0.1, -0.05) is 31.9 Å². The normalized spacial score (nSPS) is 17.1. The number of hydrogen-bond donors (Lipinski definition) is 1. The van der Waals surface area contributed by atoms with Crippen LogP contribution in [0.25, 0.3) is 0 Å². The second-order valence-electron chi connectivity index (χ2n) is 7.03. The molecule has 26 heavy (non-hydrogen) atoms. The fourth-order valence-electron chi connectivity index (χ4n) is 3.07. The number of methoxy groups -OCH3 is 1. The number of carbonyl (C=O) groups excluding carboxylic acids is 1. The Morgan fingerprint density at radius 1 is 1.38 bits per heavy atom. The highest BCUT2D eigenvalue weighted by atomic mass is 35.5. The number of halogens is 1. The molecule has 1 aliphatic rings. The van der Waals surface area contributed by atoms with E-state index in [-0.39, 0.29) is 12.0 Å². The van der Waals surface area contributed by atoms with Gasteiger partial charge < -0.3 is 19.7 Å². The lowest BCUT2D eigenvalue weighted by Gasteiger charge is -2.33. The van der Waals surface area contributed by atoms with Crippen molar-refractivity contribution < 1.29 is 14.3 Å². The third-order valence-electron chi connectivity index (χ3n) is 4.88. The molecule has 1 atom stereocenters. The summed E-state index contributed by atoms with van der Waals surface area (Å²) < 4.78 is 11.0. The van der Waals surface area contributed by atoms with Crippen LogP contribution in [-0.4, -0.2) is 56.8 Å². The van der Waals surface area contributed by atoms with Gasteiger partial charge in [0.2, 0.25) is 0 Å². The first kappa shape index (κ1) is 21.0. The number of hydrogen-bond acceptors (Lipinski definition) is 4. The largest absolute Gasteiger partial charge is 0.489 e. The highest BCUT2D eigenvalue weighted by molar-refractivity contribution is 6.32. The first-order chi connectivity index (χ1) is 12.5. The maximum atomic E-state index is 12.1. The summed E-state index contributed by atoms with van der Waals surface area (Å²) in [5.41, 5.74) is 0.529. The Morgan fingerprint density at radius 2 is 2.12 bits per heavy atom. The maximum absolute atomic E-state index is 12.1. The third-order valence-corrected chi connectivity index (χ3v) is 5.18. The summed E-state index contributed by atoms with van der Waals surface area (Å²) in [7, 11) is 1.60. The van der Waals surface area contributed by atoms with Crippen molar-refractivity contribution in [2.24, 2.45) is 5.92 Å². The molecule has 0 aromatic heterocycles. The Labute approximate surface area is 162 Å². The molecule has 6 heteroatoms. The zero-order valence-electron chi connectivity index (χ0n) is 16.1. The van der Waals surface area contributed by atoms with Crippen LogP contribution in [0.2, 0.25) is 5.02 Å². The number of rotatable bonds is 9. The molecule has 1 aromatic rings. The van der Waals surface area contributed by atoms with Gasteiger partial charge in [0.25, 0.3) is 5.91 Å². The van der Waals surface area contributed by atoms with Crippen LogP contribution in [-0.2, 0) is 4.74 Å². The van der Waals surface area contributed by atoms with Gasteiger partial charge in [-0.3, -0.25) is 4.79 Å². The molecule has 146 valence electrons. The van der Waals surface area contributed by atoms with E-state index >= 15 is 0 Å². The molecule has 1 aliphatic heterocycles. The van der Waals surface area contributed by atoms with Crippen molar-refractivity contribution in [2.75, 3.05) is 39.9 Å². The van der Waals surface area contributed by atoms with E-state index in [0.717, 1.165) is 38.4 Å². The van der Waals surface area contributed by atoms with Crippen LogP contribution in [0, 0.1) is 5.92 Å². The van der Waals surface area contributed by atoms with Crippen LogP contribution in [0.4, 0.5) is 0 Å². The first-order valence-electron chi connectivity index (χ1n) is 9.49. The number of benzene rings is 1. The molecule has 0 bridgehead atoms. The van der Waals surface area contributed by atoms with Gasteiger partial charge in [0.15, 0.2) is 0 Å². The Hall–Kier alpha value is -1.30. The number of carbonyl (C=O) groups is 1. The molecule has 0 spiro atoms. The standard InChI is InChI=1S/C20H31ClN2O3/c1-4-15(2)14-23-10-7-17(8-11-23)26-19-6-5-16(13-18(19)21)20(24)22-9-12-25-3/h5-6,13,15,17H,4,7-12,14H2,1-3H3,(H,22,24)/t15-/m1/s1. The lowest BCUT2D eigenvalue weighted by molar-refractivity contribution is 0.0920.